The molecule has 1 amide bonds. The first-order chi connectivity index (χ1) is 5.74. The predicted molar refractivity (Wildman–Crippen MR) is 56.9 cm³/mol. The van der Waals surface area contributed by atoms with Crippen LogP contribution < -0.4 is 0 Å². The third-order valence-corrected chi connectivity index (χ3v) is 3.66. The molecule has 1 aliphatic rings. The minimum Gasteiger partial charge on any atom is -0.341 e. The zero-order valence-electron chi connectivity index (χ0n) is 7.25. The maximum Gasteiger partial charge on any atom is 0.233 e. The molecule has 1 aliphatic heterocycles. The summed E-state index contributed by atoms with van der Waals surface area (Å²) in [5.74, 6) is 3.14. The summed E-state index contributed by atoms with van der Waals surface area (Å²) in [4.78, 5) is 13.3. The van der Waals surface area contributed by atoms with Gasteiger partial charge in [-0.1, -0.05) is 22.9 Å². The molecule has 0 bridgehead atoms. The Bertz CT molecular complexity index is 165. The number of rotatable bonds is 1. The summed E-state index contributed by atoms with van der Waals surface area (Å²) in [6, 6.07) is 0. The Balaban J connectivity index is 2.46. The lowest BCUT2D eigenvalue weighted by atomic mass is 10.2. The highest BCUT2D eigenvalue weighted by Gasteiger charge is 2.18. The highest BCUT2D eigenvalue weighted by molar-refractivity contribution is 9.09. The highest BCUT2D eigenvalue weighted by Crippen LogP contribution is 2.15. The quantitative estimate of drug-likeness (QED) is 0.660. The fourth-order valence-corrected chi connectivity index (χ4v) is 2.67. The minimum atomic E-state index is 0.226. The molecule has 1 rings (SSSR count). The molecule has 0 aromatic carbocycles. The molecule has 70 valence electrons. The van der Waals surface area contributed by atoms with Crippen LogP contribution >= 0.6 is 27.7 Å². The van der Waals surface area contributed by atoms with E-state index in [4.69, 9.17) is 0 Å². The van der Waals surface area contributed by atoms with Gasteiger partial charge in [0.2, 0.25) is 5.91 Å². The minimum absolute atomic E-state index is 0.226. The van der Waals surface area contributed by atoms with Crippen molar-refractivity contribution >= 4 is 33.6 Å². The summed E-state index contributed by atoms with van der Waals surface area (Å²) in [6.45, 7) is 4.05. The monoisotopic (exact) mass is 251 g/mol. The first kappa shape index (κ1) is 10.4. The van der Waals surface area contributed by atoms with Crippen LogP contribution in [0.15, 0.2) is 0 Å². The number of hydrogen-bond acceptors (Lipinski definition) is 2. The number of thioether (sulfide) groups is 1. The van der Waals surface area contributed by atoms with Gasteiger partial charge >= 0.3 is 0 Å². The molecule has 0 aromatic heterocycles. The number of carbonyl (C=O) groups excluding carboxylic acids is 1. The Morgan fingerprint density at radius 1 is 1.75 bits per heavy atom. The fourth-order valence-electron chi connectivity index (χ4n) is 1.29. The Morgan fingerprint density at radius 2 is 2.50 bits per heavy atom. The van der Waals surface area contributed by atoms with E-state index in [0.29, 0.717) is 11.2 Å². The second-order valence-electron chi connectivity index (χ2n) is 3.15. The van der Waals surface area contributed by atoms with Crippen molar-refractivity contribution < 1.29 is 4.79 Å². The van der Waals surface area contributed by atoms with Gasteiger partial charge in [0.05, 0.1) is 5.33 Å². The topological polar surface area (TPSA) is 20.3 Å². The summed E-state index contributed by atoms with van der Waals surface area (Å²) in [5.41, 5.74) is 0. The molecule has 1 heterocycles. The third-order valence-electron chi connectivity index (χ3n) is 1.91. The molecule has 0 N–H and O–H groups in total. The molecule has 1 unspecified atom stereocenters. The van der Waals surface area contributed by atoms with Crippen LogP contribution in [0.2, 0.25) is 0 Å². The van der Waals surface area contributed by atoms with Crippen molar-refractivity contribution in [2.45, 2.75) is 6.92 Å². The summed E-state index contributed by atoms with van der Waals surface area (Å²) in [6.07, 6.45) is 0. The van der Waals surface area contributed by atoms with E-state index in [1.165, 1.54) is 5.75 Å². The van der Waals surface area contributed by atoms with E-state index in [1.54, 1.807) is 0 Å². The molecule has 1 saturated heterocycles. The van der Waals surface area contributed by atoms with Crippen LogP contribution in [-0.4, -0.2) is 40.7 Å². The van der Waals surface area contributed by atoms with Crippen LogP contribution in [0, 0.1) is 5.92 Å². The predicted octanol–water partition coefficient (Wildman–Crippen LogP) is 1.59. The maximum atomic E-state index is 11.3. The summed E-state index contributed by atoms with van der Waals surface area (Å²) < 4.78 is 0. The van der Waals surface area contributed by atoms with Crippen molar-refractivity contribution in [2.24, 2.45) is 5.92 Å². The van der Waals surface area contributed by atoms with Crippen molar-refractivity contribution in [3.63, 3.8) is 0 Å². The van der Waals surface area contributed by atoms with Gasteiger partial charge in [0.15, 0.2) is 0 Å². The summed E-state index contributed by atoms with van der Waals surface area (Å²) in [5, 5.41) is 0.463. The average Bonchev–Trinajstić information content (AvgIpc) is 2.28. The number of alkyl halides is 1. The van der Waals surface area contributed by atoms with Gasteiger partial charge in [-0.15, -0.1) is 0 Å². The molecule has 0 saturated carbocycles. The van der Waals surface area contributed by atoms with E-state index in [9.17, 15) is 4.79 Å². The SMILES string of the molecule is CC1CSCCN(C(=O)CBr)C1. The lowest BCUT2D eigenvalue weighted by Crippen LogP contribution is -2.35. The van der Waals surface area contributed by atoms with Gasteiger partial charge in [-0.25, -0.2) is 0 Å². The molecule has 0 spiro atoms. The molecule has 0 aromatic rings. The van der Waals surface area contributed by atoms with Crippen molar-refractivity contribution in [2.75, 3.05) is 29.9 Å². The van der Waals surface area contributed by atoms with Gasteiger partial charge in [-0.2, -0.15) is 11.8 Å². The Hall–Kier alpha value is 0.300. The standard InChI is InChI=1S/C8H14BrNOS/c1-7-5-10(8(11)4-9)2-3-12-6-7/h7H,2-6H2,1H3. The number of hydrogen-bond donors (Lipinski definition) is 0. The number of carbonyl (C=O) groups is 1. The van der Waals surface area contributed by atoms with Gasteiger partial charge in [0, 0.05) is 18.8 Å². The highest BCUT2D eigenvalue weighted by atomic mass is 79.9. The van der Waals surface area contributed by atoms with E-state index >= 15 is 0 Å². The number of amides is 1. The van der Waals surface area contributed by atoms with E-state index in [1.807, 2.05) is 16.7 Å². The summed E-state index contributed by atoms with van der Waals surface area (Å²) in [7, 11) is 0. The van der Waals surface area contributed by atoms with Gasteiger partial charge in [-0.05, 0) is 11.7 Å². The van der Waals surface area contributed by atoms with Gasteiger partial charge < -0.3 is 4.90 Å². The average molecular weight is 252 g/mol. The molecule has 1 atom stereocenters. The van der Waals surface area contributed by atoms with E-state index in [2.05, 4.69) is 22.9 Å². The summed E-state index contributed by atoms with van der Waals surface area (Å²) >= 11 is 5.14. The second kappa shape index (κ2) is 5.12. The largest absolute Gasteiger partial charge is 0.341 e. The van der Waals surface area contributed by atoms with Crippen LogP contribution in [-0.2, 0) is 4.79 Å². The van der Waals surface area contributed by atoms with E-state index in [0.717, 1.165) is 18.8 Å². The van der Waals surface area contributed by atoms with Crippen molar-refractivity contribution in [3.8, 4) is 0 Å². The van der Waals surface area contributed by atoms with Crippen molar-refractivity contribution in [1.29, 1.82) is 0 Å². The molecule has 0 radical (unpaired) electrons. The molecular weight excluding hydrogens is 238 g/mol. The van der Waals surface area contributed by atoms with Gasteiger partial charge in [-0.3, -0.25) is 4.79 Å². The molecule has 4 heteroatoms. The zero-order valence-corrected chi connectivity index (χ0v) is 9.66. The smallest absolute Gasteiger partial charge is 0.233 e. The van der Waals surface area contributed by atoms with Crippen LogP contribution in [0.1, 0.15) is 6.92 Å². The third kappa shape index (κ3) is 2.98. The van der Waals surface area contributed by atoms with Crippen LogP contribution in [0.3, 0.4) is 0 Å². The fraction of sp³-hybridized carbons (Fsp3) is 0.875. The van der Waals surface area contributed by atoms with Gasteiger partial charge in [0.25, 0.3) is 0 Å². The van der Waals surface area contributed by atoms with E-state index < -0.39 is 0 Å². The second-order valence-corrected chi connectivity index (χ2v) is 4.86. The van der Waals surface area contributed by atoms with Crippen LogP contribution in [0.5, 0.6) is 0 Å². The molecule has 1 fully saturated rings. The number of nitrogens with zero attached hydrogens (tertiary/aromatic N) is 1. The number of halogens is 1. The first-order valence-electron chi connectivity index (χ1n) is 4.15. The maximum absolute atomic E-state index is 11.3. The Kier molecular flexibility index (Phi) is 4.43. The van der Waals surface area contributed by atoms with Crippen molar-refractivity contribution in [3.05, 3.63) is 0 Å². The van der Waals surface area contributed by atoms with Crippen LogP contribution in [0.4, 0.5) is 0 Å². The van der Waals surface area contributed by atoms with Gasteiger partial charge in [0.1, 0.15) is 0 Å². The normalized spacial score (nSPS) is 25.2. The Morgan fingerprint density at radius 3 is 3.17 bits per heavy atom. The van der Waals surface area contributed by atoms with Crippen molar-refractivity contribution in [1.82, 2.24) is 4.90 Å². The lowest BCUT2D eigenvalue weighted by Gasteiger charge is -2.21. The first-order valence-corrected chi connectivity index (χ1v) is 6.43. The van der Waals surface area contributed by atoms with Crippen LogP contribution in [0.25, 0.3) is 0 Å². The molecular formula is C8H14BrNOS. The van der Waals surface area contributed by atoms with E-state index in [-0.39, 0.29) is 5.91 Å². The molecule has 12 heavy (non-hydrogen) atoms. The lowest BCUT2D eigenvalue weighted by molar-refractivity contribution is -0.128. The Labute approximate surface area is 86.2 Å². The molecule has 2 nitrogen and oxygen atoms in total. The molecule has 0 aliphatic carbocycles. The zero-order chi connectivity index (χ0) is 8.97.